The van der Waals surface area contributed by atoms with E-state index in [0.29, 0.717) is 17.4 Å². The van der Waals surface area contributed by atoms with Crippen LogP contribution in [0.25, 0.3) is 0 Å². The van der Waals surface area contributed by atoms with Crippen LogP contribution in [0.1, 0.15) is 26.3 Å². The van der Waals surface area contributed by atoms with Crippen LogP contribution < -0.4 is 22.2 Å². The summed E-state index contributed by atoms with van der Waals surface area (Å²) in [6.45, 7) is 6.15. The number of fused-ring (bicyclic) bond motifs is 1. The molecule has 130 valence electrons. The predicted octanol–water partition coefficient (Wildman–Crippen LogP) is -0.882. The molecule has 0 aliphatic carbocycles. The second-order valence-electron chi connectivity index (χ2n) is 7.38. The Morgan fingerprint density at radius 1 is 1.26 bits per heavy atom. The van der Waals surface area contributed by atoms with Crippen LogP contribution in [0, 0.1) is 0 Å². The maximum absolute atomic E-state index is 11.9. The number of hydrogen-bond acceptors (Lipinski definition) is 4. The number of rotatable bonds is 1. The second kappa shape index (κ2) is 6.45. The lowest BCUT2D eigenvalue weighted by molar-refractivity contribution is -0.0000315. The molecule has 0 fully saturated rings. The van der Waals surface area contributed by atoms with Crippen molar-refractivity contribution >= 4 is 11.8 Å². The fraction of sp³-hybridized carbons (Fsp3) is 0.562. The summed E-state index contributed by atoms with van der Waals surface area (Å²) in [4.78, 5) is 11.9. The third-order valence-corrected chi connectivity index (χ3v) is 3.69. The maximum Gasteiger partial charge on any atom is 0.408 e. The van der Waals surface area contributed by atoms with E-state index in [-0.39, 0.29) is 29.9 Å². The number of phenols is 2. The quantitative estimate of drug-likeness (QED) is 0.456. The number of benzene rings is 1. The van der Waals surface area contributed by atoms with E-state index in [1.807, 2.05) is 34.9 Å². The lowest BCUT2D eigenvalue weighted by Gasteiger charge is -2.39. The number of quaternary nitrogens is 1. The lowest BCUT2D eigenvalue weighted by atomic mass is 9.96. The monoisotopic (exact) mass is 344 g/mol. The number of ether oxygens (including phenoxy) is 1. The Hall–Kier alpha value is -1.66. The first-order valence-electron chi connectivity index (χ1n) is 7.36. The molecule has 1 aliphatic rings. The minimum Gasteiger partial charge on any atom is -1.00 e. The minimum atomic E-state index is -0.537. The molecule has 1 heterocycles. The van der Waals surface area contributed by atoms with Crippen LogP contribution in [0.4, 0.5) is 10.5 Å². The Labute approximate surface area is 143 Å². The minimum absolute atomic E-state index is 0. The number of nitrogens with one attached hydrogen (secondary N) is 1. The summed E-state index contributed by atoms with van der Waals surface area (Å²) in [5.74, 6) is -0.264. The number of aromatic hydroxyl groups is 2. The molecule has 1 aliphatic heterocycles. The number of hydrogen-bond donors (Lipinski definition) is 3. The zero-order valence-corrected chi connectivity index (χ0v) is 14.9. The van der Waals surface area contributed by atoms with Crippen LogP contribution in [0.3, 0.4) is 0 Å². The number of likely N-dealkylation sites (N-methyl/N-ethyl adjacent to an activating group) is 1. The molecule has 7 heteroatoms. The summed E-state index contributed by atoms with van der Waals surface area (Å²) in [7, 11) is 4.00. The van der Waals surface area contributed by atoms with Gasteiger partial charge in [0.25, 0.3) is 0 Å². The van der Waals surface area contributed by atoms with Crippen molar-refractivity contribution in [2.45, 2.75) is 38.8 Å². The van der Waals surface area contributed by atoms with Crippen LogP contribution in [-0.4, -0.2) is 48.6 Å². The van der Waals surface area contributed by atoms with Crippen molar-refractivity contribution in [1.29, 1.82) is 0 Å². The van der Waals surface area contributed by atoms with Gasteiger partial charge in [-0.05, 0) is 26.8 Å². The topological polar surface area (TPSA) is 78.8 Å². The first kappa shape index (κ1) is 19.4. The second-order valence-corrected chi connectivity index (χ2v) is 7.38. The van der Waals surface area contributed by atoms with Crippen molar-refractivity contribution in [3.63, 3.8) is 0 Å². The van der Waals surface area contributed by atoms with E-state index in [0.717, 1.165) is 11.3 Å². The summed E-state index contributed by atoms with van der Waals surface area (Å²) < 4.78 is 5.80. The van der Waals surface area contributed by atoms with Gasteiger partial charge in [-0.15, -0.1) is 0 Å². The fourth-order valence-electron chi connectivity index (χ4n) is 2.89. The molecule has 3 N–H and O–H groups in total. The molecule has 1 atom stereocenters. The molecule has 0 unspecified atom stereocenters. The summed E-state index contributed by atoms with van der Waals surface area (Å²) in [5, 5.41) is 22.3. The van der Waals surface area contributed by atoms with Gasteiger partial charge in [0.2, 0.25) is 0 Å². The molecule has 1 aromatic carbocycles. The van der Waals surface area contributed by atoms with Gasteiger partial charge in [-0.3, -0.25) is 4.48 Å². The first-order chi connectivity index (χ1) is 9.98. The van der Waals surface area contributed by atoms with Crippen molar-refractivity contribution in [1.82, 2.24) is 9.80 Å². The van der Waals surface area contributed by atoms with E-state index >= 15 is 0 Å². The lowest BCUT2D eigenvalue weighted by Crippen LogP contribution is -3.00. The molecule has 23 heavy (non-hydrogen) atoms. The van der Waals surface area contributed by atoms with Gasteiger partial charge in [0.15, 0.2) is 11.5 Å². The summed E-state index contributed by atoms with van der Waals surface area (Å²) in [5.41, 5.74) is 1.32. The van der Waals surface area contributed by atoms with Gasteiger partial charge in [-0.25, -0.2) is 4.79 Å². The van der Waals surface area contributed by atoms with E-state index in [1.165, 1.54) is 0 Å². The predicted molar refractivity (Wildman–Crippen MR) is 85.1 cm³/mol. The number of carbonyl (C=O) groups excluding carboxylic acids is 1. The highest BCUT2D eigenvalue weighted by molar-refractivity contribution is 5.69. The van der Waals surface area contributed by atoms with Gasteiger partial charge in [0.1, 0.15) is 17.8 Å². The molecule has 0 aromatic heterocycles. The number of alkyl carbamates (subject to hydrolysis) is 1. The van der Waals surface area contributed by atoms with Crippen LogP contribution in [-0.2, 0) is 11.2 Å². The Balaban J connectivity index is 0.00000264. The smallest absolute Gasteiger partial charge is 0.408 e. The van der Waals surface area contributed by atoms with Crippen molar-refractivity contribution in [2.24, 2.45) is 0 Å². The highest BCUT2D eigenvalue weighted by Crippen LogP contribution is 2.38. The van der Waals surface area contributed by atoms with E-state index in [4.69, 9.17) is 4.74 Å². The maximum atomic E-state index is 11.9. The molecule has 0 saturated heterocycles. The standard InChI is InChI=1S/C16H24N2O4.ClH/c1-16(2,3)22-15(21)17-11-6-10-7-13(19)14(20)8-12(10)18(4,5)9-11;/h7-8,11H,6,9H2,1-5H3,(H2-,17,19,20,21);1H/t11-;/m0./s1. The number of carbonyl (C=O) groups is 1. The highest BCUT2D eigenvalue weighted by atomic mass is 35.5. The first-order valence-corrected chi connectivity index (χ1v) is 7.36. The fourth-order valence-corrected chi connectivity index (χ4v) is 2.89. The normalized spacial score (nSPS) is 19.3. The Morgan fingerprint density at radius 2 is 1.83 bits per heavy atom. The van der Waals surface area contributed by atoms with Gasteiger partial charge in [-0.1, -0.05) is 0 Å². The van der Waals surface area contributed by atoms with Gasteiger partial charge in [0, 0.05) is 18.1 Å². The van der Waals surface area contributed by atoms with Crippen molar-refractivity contribution in [3.05, 3.63) is 17.7 Å². The zero-order valence-electron chi connectivity index (χ0n) is 14.2. The van der Waals surface area contributed by atoms with Crippen molar-refractivity contribution < 1.29 is 32.2 Å². The largest absolute Gasteiger partial charge is 1.00 e. The molecule has 1 aromatic rings. The van der Waals surface area contributed by atoms with E-state index in [9.17, 15) is 15.0 Å². The van der Waals surface area contributed by atoms with E-state index < -0.39 is 11.7 Å². The number of phenolic OH excluding ortho intramolecular Hbond substituents is 2. The van der Waals surface area contributed by atoms with Gasteiger partial charge >= 0.3 is 6.09 Å². The Kier molecular flexibility index (Phi) is 5.44. The Morgan fingerprint density at radius 3 is 2.39 bits per heavy atom. The molecule has 0 radical (unpaired) electrons. The van der Waals surface area contributed by atoms with Gasteiger partial charge in [-0.2, -0.15) is 0 Å². The number of amides is 1. The van der Waals surface area contributed by atoms with Gasteiger partial charge < -0.3 is 32.7 Å². The number of halogens is 1. The third-order valence-electron chi connectivity index (χ3n) is 3.69. The molecule has 0 bridgehead atoms. The van der Waals surface area contributed by atoms with Crippen molar-refractivity contribution in [2.75, 3.05) is 20.6 Å². The average Bonchev–Trinajstić information content (AvgIpc) is 2.28. The molecule has 1 amide bonds. The summed E-state index contributed by atoms with van der Waals surface area (Å²) in [6, 6.07) is 3.06. The summed E-state index contributed by atoms with van der Waals surface area (Å²) >= 11 is 0. The molecular weight excluding hydrogens is 320 g/mol. The van der Waals surface area contributed by atoms with Gasteiger partial charge in [0.05, 0.1) is 20.1 Å². The van der Waals surface area contributed by atoms with Crippen molar-refractivity contribution in [3.8, 4) is 11.5 Å². The average molecular weight is 345 g/mol. The molecular formula is C16H25ClN2O4. The molecule has 2 rings (SSSR count). The molecule has 0 spiro atoms. The van der Waals surface area contributed by atoms with Crippen LogP contribution in [0.5, 0.6) is 11.5 Å². The highest BCUT2D eigenvalue weighted by Gasteiger charge is 2.36. The SMILES string of the molecule is CC(C)(C)OC(=O)N[C@H]1Cc2cc(O)c(O)cc2[N+](C)(C)C1.[Cl-]. The van der Waals surface area contributed by atoms with E-state index in [2.05, 4.69) is 5.32 Å². The molecule has 0 saturated carbocycles. The van der Waals surface area contributed by atoms with Crippen LogP contribution in [0.15, 0.2) is 12.1 Å². The third kappa shape index (κ3) is 4.65. The van der Waals surface area contributed by atoms with E-state index in [1.54, 1.807) is 12.1 Å². The summed E-state index contributed by atoms with van der Waals surface area (Å²) in [6.07, 6.45) is 0.147. The number of nitrogens with zero attached hydrogens (tertiary/aromatic N) is 1. The zero-order chi connectivity index (χ0) is 16.7. The molecule has 6 nitrogen and oxygen atoms in total. The van der Waals surface area contributed by atoms with Crippen LogP contribution >= 0.6 is 0 Å². The van der Waals surface area contributed by atoms with Crippen LogP contribution in [0.2, 0.25) is 0 Å². The Bertz CT molecular complexity index is 596.